The van der Waals surface area contributed by atoms with Crippen molar-refractivity contribution < 1.29 is 14.3 Å². The maximum Gasteiger partial charge on any atom is 0.305 e. The third kappa shape index (κ3) is 4.50. The minimum atomic E-state index is -0.265. The van der Waals surface area contributed by atoms with Crippen LogP contribution in [0.4, 0.5) is 0 Å². The van der Waals surface area contributed by atoms with Crippen molar-refractivity contribution >= 4 is 11.9 Å². The number of ether oxygens (including phenoxy) is 1. The first-order chi connectivity index (χ1) is 5.99. The van der Waals surface area contributed by atoms with E-state index in [-0.39, 0.29) is 17.8 Å². The van der Waals surface area contributed by atoms with Gasteiger partial charge in [0.2, 0.25) is 5.91 Å². The van der Waals surface area contributed by atoms with E-state index in [1.54, 1.807) is 14.1 Å². The van der Waals surface area contributed by atoms with Gasteiger partial charge in [-0.05, 0) is 6.42 Å². The average Bonchev–Trinajstić information content (AvgIpc) is 2.11. The first kappa shape index (κ1) is 11.9. The highest BCUT2D eigenvalue weighted by atomic mass is 16.5. The molecule has 0 aromatic rings. The van der Waals surface area contributed by atoms with Crippen LogP contribution in [-0.2, 0) is 14.3 Å². The van der Waals surface area contributed by atoms with Crippen LogP contribution < -0.4 is 0 Å². The van der Waals surface area contributed by atoms with Gasteiger partial charge in [-0.2, -0.15) is 0 Å². The number of carbonyl (C=O) groups excluding carboxylic acids is 2. The van der Waals surface area contributed by atoms with Gasteiger partial charge in [0, 0.05) is 26.4 Å². The molecule has 0 aliphatic rings. The Morgan fingerprint density at radius 2 is 1.92 bits per heavy atom. The number of esters is 1. The number of hydrogen-bond donors (Lipinski definition) is 0. The summed E-state index contributed by atoms with van der Waals surface area (Å²) in [5, 5.41) is 0. The van der Waals surface area contributed by atoms with Crippen molar-refractivity contribution in [2.75, 3.05) is 21.2 Å². The Hall–Kier alpha value is -1.06. The van der Waals surface area contributed by atoms with Crippen LogP contribution in [0.2, 0.25) is 0 Å². The van der Waals surface area contributed by atoms with E-state index >= 15 is 0 Å². The highest BCUT2D eigenvalue weighted by Crippen LogP contribution is 2.08. The van der Waals surface area contributed by atoms with Crippen LogP contribution in [0.25, 0.3) is 0 Å². The van der Waals surface area contributed by atoms with E-state index in [1.165, 1.54) is 12.0 Å². The second-order valence-corrected chi connectivity index (χ2v) is 3.25. The lowest BCUT2D eigenvalue weighted by atomic mass is 10.0. The lowest BCUT2D eigenvalue weighted by Crippen LogP contribution is -2.28. The van der Waals surface area contributed by atoms with Gasteiger partial charge in [-0.1, -0.05) is 6.92 Å². The zero-order valence-electron chi connectivity index (χ0n) is 8.66. The number of hydrogen-bond acceptors (Lipinski definition) is 3. The predicted molar refractivity (Wildman–Crippen MR) is 49.1 cm³/mol. The third-order valence-corrected chi connectivity index (χ3v) is 1.87. The molecule has 1 atom stereocenters. The Labute approximate surface area is 78.9 Å². The normalized spacial score (nSPS) is 12.0. The molecule has 0 rings (SSSR count). The average molecular weight is 187 g/mol. The van der Waals surface area contributed by atoms with E-state index < -0.39 is 0 Å². The molecule has 0 saturated heterocycles. The Balaban J connectivity index is 3.81. The maximum atomic E-state index is 11.3. The molecule has 0 bridgehead atoms. The molecule has 76 valence electrons. The van der Waals surface area contributed by atoms with Crippen molar-refractivity contribution in [1.82, 2.24) is 4.90 Å². The molecule has 0 fully saturated rings. The van der Waals surface area contributed by atoms with Crippen molar-refractivity contribution in [2.24, 2.45) is 5.92 Å². The fraction of sp³-hybridized carbons (Fsp3) is 0.778. The summed E-state index contributed by atoms with van der Waals surface area (Å²) in [6, 6.07) is 0. The number of rotatable bonds is 4. The monoisotopic (exact) mass is 187 g/mol. The number of amides is 1. The quantitative estimate of drug-likeness (QED) is 0.607. The van der Waals surface area contributed by atoms with Crippen LogP contribution in [0.3, 0.4) is 0 Å². The Bertz CT molecular complexity index is 189. The van der Waals surface area contributed by atoms with E-state index in [0.717, 1.165) is 0 Å². The summed E-state index contributed by atoms with van der Waals surface area (Å²) in [4.78, 5) is 23.6. The lowest BCUT2D eigenvalue weighted by Gasteiger charge is -2.15. The number of methoxy groups -OCH3 is 1. The molecule has 4 heteroatoms. The first-order valence-corrected chi connectivity index (χ1v) is 4.27. The van der Waals surface area contributed by atoms with Crippen LogP contribution in [0.5, 0.6) is 0 Å². The predicted octanol–water partition coefficient (Wildman–Crippen LogP) is 0.664. The van der Waals surface area contributed by atoms with Crippen molar-refractivity contribution in [2.45, 2.75) is 19.8 Å². The van der Waals surface area contributed by atoms with Gasteiger partial charge in [-0.25, -0.2) is 0 Å². The topological polar surface area (TPSA) is 46.6 Å². The first-order valence-electron chi connectivity index (χ1n) is 4.27. The summed E-state index contributed by atoms with van der Waals surface area (Å²) >= 11 is 0. The maximum absolute atomic E-state index is 11.3. The van der Waals surface area contributed by atoms with Crippen LogP contribution in [0.1, 0.15) is 19.8 Å². The number of carbonyl (C=O) groups is 2. The summed E-state index contributed by atoms with van der Waals surface area (Å²) in [5.41, 5.74) is 0. The van der Waals surface area contributed by atoms with Crippen molar-refractivity contribution in [3.05, 3.63) is 0 Å². The molecule has 4 nitrogen and oxygen atoms in total. The molecule has 0 aliphatic heterocycles. The molecule has 0 aliphatic carbocycles. The van der Waals surface area contributed by atoms with Gasteiger partial charge in [0.1, 0.15) is 0 Å². The van der Waals surface area contributed by atoms with Crippen LogP contribution >= 0.6 is 0 Å². The summed E-state index contributed by atoms with van der Waals surface area (Å²) in [6.07, 6.45) is 0.848. The van der Waals surface area contributed by atoms with Crippen LogP contribution in [-0.4, -0.2) is 38.0 Å². The molecule has 0 saturated carbocycles. The standard InChI is InChI=1S/C9H17NO3/c1-7(9(12)10(2)3)5-6-8(11)13-4/h7H,5-6H2,1-4H3. The van der Waals surface area contributed by atoms with Crippen LogP contribution in [0.15, 0.2) is 0 Å². The smallest absolute Gasteiger partial charge is 0.305 e. The van der Waals surface area contributed by atoms with Gasteiger partial charge in [-0.15, -0.1) is 0 Å². The second kappa shape index (κ2) is 5.56. The van der Waals surface area contributed by atoms with Gasteiger partial charge in [0.15, 0.2) is 0 Å². The van der Waals surface area contributed by atoms with E-state index in [0.29, 0.717) is 12.8 Å². The molecular weight excluding hydrogens is 170 g/mol. The molecule has 0 radical (unpaired) electrons. The van der Waals surface area contributed by atoms with Crippen molar-refractivity contribution in [3.63, 3.8) is 0 Å². The highest BCUT2D eigenvalue weighted by molar-refractivity contribution is 5.78. The van der Waals surface area contributed by atoms with Gasteiger partial charge in [0.05, 0.1) is 7.11 Å². The molecule has 0 heterocycles. The third-order valence-electron chi connectivity index (χ3n) is 1.87. The van der Waals surface area contributed by atoms with Crippen LogP contribution in [0, 0.1) is 5.92 Å². The van der Waals surface area contributed by atoms with Crippen molar-refractivity contribution in [3.8, 4) is 0 Å². The lowest BCUT2D eigenvalue weighted by molar-refractivity contribution is -0.141. The molecule has 1 unspecified atom stereocenters. The molecule has 0 spiro atoms. The van der Waals surface area contributed by atoms with Crippen molar-refractivity contribution in [1.29, 1.82) is 0 Å². The fourth-order valence-corrected chi connectivity index (χ4v) is 1.00. The molecule has 0 aromatic carbocycles. The van der Waals surface area contributed by atoms with E-state index in [2.05, 4.69) is 4.74 Å². The Morgan fingerprint density at radius 1 is 1.38 bits per heavy atom. The second-order valence-electron chi connectivity index (χ2n) is 3.25. The molecule has 0 aromatic heterocycles. The van der Waals surface area contributed by atoms with E-state index in [1.807, 2.05) is 6.92 Å². The van der Waals surface area contributed by atoms with E-state index in [4.69, 9.17) is 0 Å². The van der Waals surface area contributed by atoms with Gasteiger partial charge < -0.3 is 9.64 Å². The number of nitrogens with zero attached hydrogens (tertiary/aromatic N) is 1. The Morgan fingerprint density at radius 3 is 2.31 bits per heavy atom. The zero-order chi connectivity index (χ0) is 10.4. The SMILES string of the molecule is COC(=O)CCC(C)C(=O)N(C)C. The molecule has 13 heavy (non-hydrogen) atoms. The largest absolute Gasteiger partial charge is 0.469 e. The minimum absolute atomic E-state index is 0.0453. The van der Waals surface area contributed by atoms with E-state index in [9.17, 15) is 9.59 Å². The van der Waals surface area contributed by atoms with Gasteiger partial charge >= 0.3 is 5.97 Å². The minimum Gasteiger partial charge on any atom is -0.469 e. The summed E-state index contributed by atoms with van der Waals surface area (Å²) < 4.78 is 4.48. The molecular formula is C9H17NO3. The van der Waals surface area contributed by atoms with Gasteiger partial charge in [-0.3, -0.25) is 9.59 Å². The Kier molecular flexibility index (Phi) is 5.11. The fourth-order valence-electron chi connectivity index (χ4n) is 1.00. The summed E-state index contributed by atoms with van der Waals surface area (Å²) in [5.74, 6) is -0.337. The molecule has 1 amide bonds. The highest BCUT2D eigenvalue weighted by Gasteiger charge is 2.15. The summed E-state index contributed by atoms with van der Waals surface area (Å²) in [7, 11) is 4.76. The zero-order valence-corrected chi connectivity index (χ0v) is 8.66. The molecule has 0 N–H and O–H groups in total. The van der Waals surface area contributed by atoms with Gasteiger partial charge in [0.25, 0.3) is 0 Å². The summed E-state index contributed by atoms with van der Waals surface area (Å²) in [6.45, 7) is 1.81.